The van der Waals surface area contributed by atoms with E-state index in [1.807, 2.05) is 0 Å². The second-order valence-corrected chi connectivity index (χ2v) is 17.6. The van der Waals surface area contributed by atoms with Crippen LogP contribution in [0, 0.1) is 0 Å². The van der Waals surface area contributed by atoms with Crippen molar-refractivity contribution in [2.24, 2.45) is 11.5 Å². The van der Waals surface area contributed by atoms with E-state index in [9.17, 15) is 9.59 Å². The van der Waals surface area contributed by atoms with Gasteiger partial charge in [-0.25, -0.2) is 0 Å². The Labute approximate surface area is 111 Å². The molecule has 94 valence electrons. The maximum atomic E-state index is 10.4. The van der Waals surface area contributed by atoms with Crippen molar-refractivity contribution in [1.29, 1.82) is 0 Å². The zero-order chi connectivity index (χ0) is 12.6. The quantitative estimate of drug-likeness (QED) is 0.271. The van der Waals surface area contributed by atoms with Crippen LogP contribution in [0.25, 0.3) is 0 Å². The van der Waals surface area contributed by atoms with Crippen LogP contribution in [0.1, 0.15) is 0 Å². The van der Waals surface area contributed by atoms with Gasteiger partial charge in [0.1, 0.15) is 0 Å². The maximum absolute atomic E-state index is 10.4. The summed E-state index contributed by atoms with van der Waals surface area (Å²) in [6.07, 6.45) is 0. The van der Waals surface area contributed by atoms with Gasteiger partial charge in [-0.15, -0.1) is 0 Å². The molecule has 10 heteroatoms. The summed E-state index contributed by atoms with van der Waals surface area (Å²) in [5.41, 5.74) is 10.6. The standard InChI is InChI=1S/C6H12N2O4S2Se2/c7-3(5(9)10)1-13-15-16-14-2-4(8)6(11)12/h3-4H,1-2,7-8H2,(H,9,10)(H,11,12). The summed E-state index contributed by atoms with van der Waals surface area (Å²) >= 11 is 0.534. The van der Waals surface area contributed by atoms with Gasteiger partial charge in [0.2, 0.25) is 0 Å². The van der Waals surface area contributed by atoms with E-state index in [0.29, 0.717) is 11.5 Å². The van der Waals surface area contributed by atoms with Crippen molar-refractivity contribution in [2.45, 2.75) is 12.1 Å². The first-order chi connectivity index (χ1) is 7.45. The van der Waals surface area contributed by atoms with Gasteiger partial charge < -0.3 is 0 Å². The molecule has 6 nitrogen and oxygen atoms in total. The first-order valence-electron chi connectivity index (χ1n) is 3.99. The molecule has 0 amide bonds. The van der Waals surface area contributed by atoms with E-state index in [1.54, 1.807) is 0 Å². The molecule has 2 unspecified atom stereocenters. The van der Waals surface area contributed by atoms with Crippen LogP contribution in [0.3, 0.4) is 0 Å². The molecule has 0 bridgehead atoms. The van der Waals surface area contributed by atoms with Gasteiger partial charge in [0.05, 0.1) is 0 Å². The number of aliphatic carboxylic acids is 2. The van der Waals surface area contributed by atoms with Crippen LogP contribution in [0.2, 0.25) is 0 Å². The molecule has 0 rings (SSSR count). The van der Waals surface area contributed by atoms with Crippen molar-refractivity contribution in [2.75, 3.05) is 11.5 Å². The molecule has 0 saturated carbocycles. The molecule has 0 aromatic carbocycles. The van der Waals surface area contributed by atoms with E-state index in [2.05, 4.69) is 0 Å². The van der Waals surface area contributed by atoms with E-state index < -0.39 is 24.0 Å². The normalized spacial score (nSPS) is 14.4. The molecular formula is C6H12N2O4S2Se2. The Morgan fingerprint density at radius 3 is 1.56 bits per heavy atom. The van der Waals surface area contributed by atoms with Crippen molar-refractivity contribution in [3.8, 4) is 0 Å². The molecule has 2 atom stereocenters. The van der Waals surface area contributed by atoms with Crippen LogP contribution in [-0.2, 0) is 9.59 Å². The van der Waals surface area contributed by atoms with Gasteiger partial charge in [0.25, 0.3) is 0 Å². The number of carboxylic acid groups (broad SMARTS) is 2. The monoisotopic (exact) mass is 400 g/mol. The minimum absolute atomic E-state index is 0.267. The molecule has 6 N–H and O–H groups in total. The summed E-state index contributed by atoms with van der Waals surface area (Å²) in [6, 6.07) is -1.62. The van der Waals surface area contributed by atoms with Crippen LogP contribution in [-0.4, -0.2) is 69.8 Å². The van der Waals surface area contributed by atoms with Gasteiger partial charge in [-0.1, -0.05) is 0 Å². The van der Waals surface area contributed by atoms with Gasteiger partial charge in [-0.2, -0.15) is 0 Å². The van der Waals surface area contributed by atoms with E-state index in [0.717, 1.165) is 0 Å². The number of hydrogen-bond acceptors (Lipinski definition) is 6. The van der Waals surface area contributed by atoms with Gasteiger partial charge in [0.15, 0.2) is 0 Å². The average Bonchev–Trinajstić information content (AvgIpc) is 2.21. The van der Waals surface area contributed by atoms with E-state index in [-0.39, 0.29) is 24.0 Å². The van der Waals surface area contributed by atoms with Crippen molar-refractivity contribution in [3.63, 3.8) is 0 Å². The van der Waals surface area contributed by atoms with Crippen molar-refractivity contribution in [1.82, 2.24) is 0 Å². The Morgan fingerprint density at radius 1 is 1.00 bits per heavy atom. The molecule has 0 saturated heterocycles. The summed E-state index contributed by atoms with van der Waals surface area (Å²) in [5.74, 6) is -1.17. The molecule has 0 aromatic heterocycles. The van der Waals surface area contributed by atoms with Crippen molar-refractivity contribution < 1.29 is 19.8 Å². The fraction of sp³-hybridized carbons (Fsp3) is 0.667. The van der Waals surface area contributed by atoms with Gasteiger partial charge >= 0.3 is 111 Å². The number of hydrogen-bond donors (Lipinski definition) is 4. The molecule has 0 aliphatic carbocycles. The van der Waals surface area contributed by atoms with Crippen molar-refractivity contribution >= 4 is 56.3 Å². The Balaban J connectivity index is 3.34. The number of carboxylic acids is 2. The molecule has 0 aliphatic heterocycles. The Kier molecular flexibility index (Phi) is 9.97. The second kappa shape index (κ2) is 9.61. The summed E-state index contributed by atoms with van der Waals surface area (Å²) < 4.78 is 0. The number of rotatable bonds is 9. The van der Waals surface area contributed by atoms with Gasteiger partial charge in [-0.3, -0.25) is 0 Å². The third kappa shape index (κ3) is 8.72. The Morgan fingerprint density at radius 2 is 1.31 bits per heavy atom. The van der Waals surface area contributed by atoms with E-state index in [1.165, 1.54) is 20.4 Å². The van der Waals surface area contributed by atoms with Crippen LogP contribution >= 0.6 is 20.4 Å². The molecule has 0 fully saturated rings. The summed E-state index contributed by atoms with van der Waals surface area (Å²) in [7, 11) is 3.05. The molecule has 0 radical (unpaired) electrons. The van der Waals surface area contributed by atoms with E-state index >= 15 is 0 Å². The van der Waals surface area contributed by atoms with Gasteiger partial charge in [-0.05, 0) is 0 Å². The molecule has 16 heavy (non-hydrogen) atoms. The fourth-order valence-corrected chi connectivity index (χ4v) is 16.8. The zero-order valence-corrected chi connectivity index (χ0v) is 13.1. The minimum atomic E-state index is -0.989. The van der Waals surface area contributed by atoms with Crippen LogP contribution in [0.5, 0.6) is 0 Å². The SMILES string of the molecule is NC(CS[Se][Se]SCC(N)C(=O)O)C(=O)O. The molecule has 0 heterocycles. The third-order valence-electron chi connectivity index (χ3n) is 1.25. The van der Waals surface area contributed by atoms with Crippen LogP contribution in [0.15, 0.2) is 0 Å². The van der Waals surface area contributed by atoms with Gasteiger partial charge in [0, 0.05) is 0 Å². The van der Waals surface area contributed by atoms with Crippen molar-refractivity contribution in [3.05, 3.63) is 0 Å². The predicted octanol–water partition coefficient (Wildman–Crippen LogP) is -1.57. The fourth-order valence-electron chi connectivity index (χ4n) is 0.384. The third-order valence-corrected chi connectivity index (χ3v) is 18.4. The Hall–Kier alpha value is 0.599. The molecular weight excluding hydrogens is 386 g/mol. The summed E-state index contributed by atoms with van der Waals surface area (Å²) in [6.45, 7) is 0. The second-order valence-electron chi connectivity index (χ2n) is 2.59. The molecule has 0 aromatic rings. The topological polar surface area (TPSA) is 127 Å². The number of carbonyl (C=O) groups is 2. The van der Waals surface area contributed by atoms with Crippen LogP contribution in [0.4, 0.5) is 0 Å². The predicted molar refractivity (Wildman–Crippen MR) is 67.6 cm³/mol. The number of nitrogens with two attached hydrogens (primary N) is 2. The Bertz CT molecular complexity index is 223. The average molecular weight is 398 g/mol. The van der Waals surface area contributed by atoms with E-state index in [4.69, 9.17) is 21.7 Å². The first kappa shape index (κ1) is 16.6. The van der Waals surface area contributed by atoms with Crippen LogP contribution < -0.4 is 11.5 Å². The summed E-state index contributed by atoms with van der Waals surface area (Å²) in [4.78, 5) is 20.7. The summed E-state index contributed by atoms with van der Waals surface area (Å²) in [5, 5.41) is 17.0. The zero-order valence-electron chi connectivity index (χ0n) is 8.07. The molecule has 0 spiro atoms. The first-order valence-corrected chi connectivity index (χ1v) is 14.3. The molecule has 0 aliphatic rings.